The van der Waals surface area contributed by atoms with Crippen LogP contribution in [-0.4, -0.2) is 122 Å². The number of aromatic hydroxyl groups is 3. The van der Waals surface area contributed by atoms with Gasteiger partial charge in [-0.3, -0.25) is 24.3 Å². The second kappa shape index (κ2) is 21.0. The highest BCUT2D eigenvalue weighted by Gasteiger charge is 2.50. The molecule has 17 nitrogen and oxygen atoms in total. The van der Waals surface area contributed by atoms with Gasteiger partial charge in [0, 0.05) is 80.8 Å². The number of phenolic OH excluding ortho intramolecular Hbond substituents is 3. The predicted molar refractivity (Wildman–Crippen MR) is 259 cm³/mol. The van der Waals surface area contributed by atoms with Crippen molar-refractivity contribution in [3.05, 3.63) is 88.2 Å². The van der Waals surface area contributed by atoms with E-state index in [-0.39, 0.29) is 56.6 Å². The van der Waals surface area contributed by atoms with Gasteiger partial charge in [-0.05, 0) is 45.4 Å². The molecule has 7 rings (SSSR count). The van der Waals surface area contributed by atoms with E-state index in [1.165, 1.54) is 59.4 Å². The number of hydrogen-bond acceptors (Lipinski definition) is 16. The van der Waals surface area contributed by atoms with Crippen LogP contribution in [-0.2, 0) is 30.3 Å². The number of aliphatic hydroxyl groups is 2. The lowest BCUT2D eigenvalue weighted by molar-refractivity contribution is -0.160. The van der Waals surface area contributed by atoms with Gasteiger partial charge in [0.05, 0.1) is 76.7 Å². The van der Waals surface area contributed by atoms with Gasteiger partial charge in [-0.2, -0.15) is 10.4 Å². The highest BCUT2D eigenvalue weighted by atomic mass is 16.7. The number of allylic oxidation sites excluding steroid dienone is 2. The number of nitriles is 1. The van der Waals surface area contributed by atoms with Crippen LogP contribution in [0.25, 0.3) is 10.8 Å². The largest absolute Gasteiger partial charge is 0.507 e. The zero-order valence-corrected chi connectivity index (χ0v) is 41.1. The Morgan fingerprint density at radius 3 is 2.26 bits per heavy atom. The summed E-state index contributed by atoms with van der Waals surface area (Å²) in [5.74, 6) is -8.67. The number of nitrogens with zero attached hydrogens (tertiary/aromatic N) is 4. The van der Waals surface area contributed by atoms with Crippen molar-refractivity contribution in [1.82, 2.24) is 9.91 Å². The van der Waals surface area contributed by atoms with Crippen LogP contribution < -0.4 is 10.1 Å². The number of amides is 1. The third-order valence-corrected chi connectivity index (χ3v) is 13.8. The number of fused-ring (bicyclic) bond motifs is 14. The maximum absolute atomic E-state index is 14.7. The molecule has 1 saturated heterocycles. The van der Waals surface area contributed by atoms with E-state index in [1.807, 2.05) is 37.1 Å². The molecule has 4 aliphatic rings. The lowest BCUT2D eigenvalue weighted by atomic mass is 9.78. The van der Waals surface area contributed by atoms with Crippen molar-refractivity contribution in [2.75, 3.05) is 25.5 Å². The molecule has 0 radical (unpaired) electrons. The average molecular weight is 952 g/mol. The first kappa shape index (κ1) is 51.9. The van der Waals surface area contributed by atoms with E-state index < -0.39 is 88.8 Å². The number of piperazine rings is 1. The van der Waals surface area contributed by atoms with Crippen molar-refractivity contribution in [2.45, 2.75) is 118 Å². The van der Waals surface area contributed by atoms with E-state index >= 15 is 0 Å². The maximum Gasteiger partial charge on any atom is 0.312 e. The fraction of sp³-hybridized carbons (Fsp3) is 0.481. The summed E-state index contributed by atoms with van der Waals surface area (Å²) < 4.78 is 23.8. The third-order valence-electron chi connectivity index (χ3n) is 13.8. The van der Waals surface area contributed by atoms with Gasteiger partial charge in [0.1, 0.15) is 23.4 Å². The van der Waals surface area contributed by atoms with Crippen LogP contribution in [0.5, 0.6) is 23.0 Å². The molecule has 0 spiro atoms. The number of methoxy groups -OCH3 is 1. The van der Waals surface area contributed by atoms with Crippen LogP contribution in [0.3, 0.4) is 0 Å². The summed E-state index contributed by atoms with van der Waals surface area (Å²) in [5.41, 5.74) is 0.978. The maximum atomic E-state index is 14.7. The van der Waals surface area contributed by atoms with Crippen LogP contribution in [0, 0.1) is 41.9 Å². The summed E-state index contributed by atoms with van der Waals surface area (Å²) in [7, 11) is 1.43. The first-order valence-corrected chi connectivity index (χ1v) is 23.2. The van der Waals surface area contributed by atoms with Crippen molar-refractivity contribution in [1.29, 1.82) is 5.26 Å². The molecule has 0 saturated carbocycles. The van der Waals surface area contributed by atoms with Crippen molar-refractivity contribution in [3.63, 3.8) is 0 Å². The highest BCUT2D eigenvalue weighted by Crippen LogP contribution is 2.55. The predicted octanol–water partition coefficient (Wildman–Crippen LogP) is 6.55. The second-order valence-corrected chi connectivity index (χ2v) is 18.9. The van der Waals surface area contributed by atoms with Gasteiger partial charge >= 0.3 is 11.8 Å². The second-order valence-electron chi connectivity index (χ2n) is 18.9. The first-order chi connectivity index (χ1) is 32.6. The summed E-state index contributed by atoms with van der Waals surface area (Å²) in [5, 5.41) is 77.8. The Kier molecular flexibility index (Phi) is 15.8. The van der Waals surface area contributed by atoms with Gasteiger partial charge in [-0.15, -0.1) is 0 Å². The van der Waals surface area contributed by atoms with E-state index in [2.05, 4.69) is 16.3 Å². The summed E-state index contributed by atoms with van der Waals surface area (Å²) in [6.07, 6.45) is 4.74. The van der Waals surface area contributed by atoms with Crippen molar-refractivity contribution < 1.29 is 58.9 Å². The number of nitrogens with one attached hydrogen (secondary N) is 1. The topological polar surface area (TPSA) is 244 Å². The van der Waals surface area contributed by atoms with Crippen LogP contribution in [0.4, 0.5) is 5.69 Å². The van der Waals surface area contributed by atoms with Crippen molar-refractivity contribution in [2.24, 2.45) is 28.8 Å². The van der Waals surface area contributed by atoms with Crippen LogP contribution in [0.15, 0.2) is 65.5 Å². The van der Waals surface area contributed by atoms with Gasteiger partial charge in [-0.25, -0.2) is 0 Å². The number of hydrogen-bond donors (Lipinski definition) is 6. The van der Waals surface area contributed by atoms with Crippen LogP contribution in [0.1, 0.15) is 94.9 Å². The molecular weight excluding hydrogens is 887 g/mol. The molecule has 370 valence electrons. The summed E-state index contributed by atoms with van der Waals surface area (Å²) >= 11 is 0. The first-order valence-electron chi connectivity index (χ1n) is 23.2. The number of esters is 1. The molecule has 69 heavy (non-hydrogen) atoms. The summed E-state index contributed by atoms with van der Waals surface area (Å²) in [4.78, 5) is 43.3. The van der Waals surface area contributed by atoms with E-state index in [4.69, 9.17) is 24.0 Å². The Labute approximate surface area is 402 Å². The highest BCUT2D eigenvalue weighted by molar-refractivity contribution is 6.23. The Morgan fingerprint density at radius 2 is 1.62 bits per heavy atom. The number of Topliss-reactive ketones (excluding diaryl/α,β-unsaturated/α-hetero) is 1. The van der Waals surface area contributed by atoms with Gasteiger partial charge in [0.15, 0.2) is 5.75 Å². The van der Waals surface area contributed by atoms with Crippen LogP contribution >= 0.6 is 0 Å². The molecule has 4 heterocycles. The number of ketones is 1. The number of phenols is 3. The fourth-order valence-electron chi connectivity index (χ4n) is 9.79. The van der Waals surface area contributed by atoms with Crippen LogP contribution in [0.2, 0.25) is 0 Å². The minimum atomic E-state index is -2.09. The fourth-order valence-corrected chi connectivity index (χ4v) is 9.79. The average Bonchev–Trinajstić information content (AvgIpc) is 3.57. The van der Waals surface area contributed by atoms with Gasteiger partial charge in [0.2, 0.25) is 0 Å². The molecule has 1 amide bonds. The molecule has 3 aromatic carbocycles. The van der Waals surface area contributed by atoms with Crippen molar-refractivity contribution >= 4 is 40.3 Å². The molecule has 3 aromatic rings. The standard InChI is InChI=1S/C52H65N5O12/c1-26-15-14-16-27(2)51(65)55-42-37(22-54-57-28(3)23-56(24-29(57)4)25-36-18-13-12-17-35(36)21-53)46(62)39-40(47(42)63)45(61)33(8)49-41(39)50(64)52(10,69-49)67-20-19-38(66-11)30(5)48(68-34(9)58)32(7)44(60)31(6)43(26)59/h12-20,22,26,28-32,38,43-44,48,59-63H,23-25H2,1-11H3,(H,55,65)/b15-14+,20-19+,27-16-,54-22+. The van der Waals surface area contributed by atoms with E-state index in [1.54, 1.807) is 45.9 Å². The molecule has 11 unspecified atom stereocenters. The normalized spacial score (nSPS) is 31.1. The zero-order valence-electron chi connectivity index (χ0n) is 41.1. The Morgan fingerprint density at radius 1 is 0.957 bits per heavy atom. The molecule has 17 heteroatoms. The molecule has 1 fully saturated rings. The van der Waals surface area contributed by atoms with E-state index in [9.17, 15) is 45.2 Å². The van der Waals surface area contributed by atoms with E-state index in [0.29, 0.717) is 25.2 Å². The minimum Gasteiger partial charge on any atom is -0.507 e. The number of anilines is 1. The number of rotatable bonds is 6. The molecule has 4 aliphatic heterocycles. The lowest BCUT2D eigenvalue weighted by Crippen LogP contribution is -2.54. The smallest absolute Gasteiger partial charge is 0.312 e. The summed E-state index contributed by atoms with van der Waals surface area (Å²) in [6.45, 7) is 18.1. The number of carbonyl (C=O) groups excluding carboxylic acids is 3. The van der Waals surface area contributed by atoms with Gasteiger partial charge in [-0.1, -0.05) is 64.1 Å². The van der Waals surface area contributed by atoms with Crippen molar-refractivity contribution in [3.8, 4) is 29.1 Å². The summed E-state index contributed by atoms with van der Waals surface area (Å²) in [6, 6.07) is 9.29. The molecule has 6 N–H and O–H groups in total. The number of carbonyl (C=O) groups is 3. The zero-order chi connectivity index (χ0) is 50.8. The molecule has 0 aromatic heterocycles. The molecule has 11 atom stereocenters. The quantitative estimate of drug-likeness (QED) is 0.0664. The Bertz CT molecular complexity index is 2630. The number of ether oxygens (including phenoxy) is 4. The van der Waals surface area contributed by atoms with Gasteiger partial charge < -0.3 is 49.8 Å². The SMILES string of the molecule is COC1/C=C/OC2(C)Oc3c(C)c(O)c4c(O)c(c(/C=N/N5C(C)CN(Cc6ccccc6C#N)CC5C)c(O)c4c3C2=O)NC(=O)/C(C)=C\C=C\C(C)C(O)C(C)C(O)C(C)C(OC(C)=O)C1C. The molecule has 0 aliphatic carbocycles. The minimum absolute atomic E-state index is 0.0332. The van der Waals surface area contributed by atoms with Gasteiger partial charge in [0.25, 0.3) is 11.7 Å². The number of aliphatic hydroxyl groups excluding tert-OH is 2. The monoisotopic (exact) mass is 951 g/mol. The molecule has 5 bridgehead atoms. The number of benzene rings is 3. The number of hydrazone groups is 1. The third kappa shape index (κ3) is 10.3. The Hall–Kier alpha value is -6.45. The Balaban J connectivity index is 1.48. The lowest BCUT2D eigenvalue weighted by Gasteiger charge is -2.43. The van der Waals surface area contributed by atoms with E-state index in [0.717, 1.165) is 5.56 Å². The molecular formula is C52H65N5O12.